The van der Waals surface area contributed by atoms with Gasteiger partial charge in [-0.25, -0.2) is 9.38 Å². The van der Waals surface area contributed by atoms with Crippen molar-refractivity contribution in [2.75, 3.05) is 6.54 Å². The number of allylic oxidation sites excluding steroid dienone is 5. The van der Waals surface area contributed by atoms with E-state index in [-0.39, 0.29) is 29.5 Å². The molecule has 0 radical (unpaired) electrons. The fourth-order valence-corrected chi connectivity index (χ4v) is 6.35. The zero-order valence-corrected chi connectivity index (χ0v) is 22.2. The normalized spacial score (nSPS) is 22.4. The molecule has 7 rings (SSSR count). The highest BCUT2D eigenvalue weighted by molar-refractivity contribution is 6.16. The Morgan fingerprint density at radius 2 is 1.85 bits per heavy atom. The molecule has 4 nitrogen and oxygen atoms in total. The topological polar surface area (TPSA) is 50.7 Å². The number of fused-ring (bicyclic) bond motifs is 5. The molecule has 3 aromatic rings. The van der Waals surface area contributed by atoms with E-state index < -0.39 is 0 Å². The Kier molecular flexibility index (Phi) is 6.07. The van der Waals surface area contributed by atoms with Gasteiger partial charge in [-0.3, -0.25) is 4.79 Å². The van der Waals surface area contributed by atoms with Gasteiger partial charge in [-0.1, -0.05) is 54.6 Å². The third kappa shape index (κ3) is 4.22. The average Bonchev–Trinajstić information content (AvgIpc) is 3.24. The van der Waals surface area contributed by atoms with Crippen molar-refractivity contribution in [1.82, 2.24) is 5.32 Å². The molecule has 198 valence electrons. The average molecular weight is 529 g/mol. The molecule has 2 aliphatic carbocycles. The quantitative estimate of drug-likeness (QED) is 0.465. The maximum atomic E-state index is 13.9. The summed E-state index contributed by atoms with van der Waals surface area (Å²) in [5.41, 5.74) is 7.38. The van der Waals surface area contributed by atoms with Crippen molar-refractivity contribution >= 4 is 23.3 Å². The van der Waals surface area contributed by atoms with Crippen molar-refractivity contribution in [3.8, 4) is 11.1 Å². The van der Waals surface area contributed by atoms with E-state index in [0.29, 0.717) is 30.8 Å². The monoisotopic (exact) mass is 528 g/mol. The van der Waals surface area contributed by atoms with Gasteiger partial charge in [0.1, 0.15) is 11.9 Å². The number of hydrogen-bond acceptors (Lipinski definition) is 4. The number of rotatable bonds is 4. The van der Waals surface area contributed by atoms with E-state index >= 15 is 0 Å². The first-order valence-electron chi connectivity index (χ1n) is 13.8. The van der Waals surface area contributed by atoms with Crippen LogP contribution in [0.25, 0.3) is 22.8 Å². The predicted octanol–water partition coefficient (Wildman–Crippen LogP) is 5.34. The molecule has 1 N–H and O–H groups in total. The standard InChI is InChI=1S/C35H29FN2O2/c1-21-20-38-35(40-21)31-17-23-7-4-5-8-26(23)28-15-14-27-29(32-9-3-2-6-16-37-32)18-24(19-30(27)33(28)31)34(39)22-10-12-25(36)13-11-22/h2-16,19,21,24,29,37H,17-18,20H2,1H3. The van der Waals surface area contributed by atoms with Crippen LogP contribution in [0.15, 0.2) is 102 Å². The second-order valence-electron chi connectivity index (χ2n) is 10.8. The Bertz CT molecular complexity index is 1780. The first-order valence-corrected chi connectivity index (χ1v) is 13.8. The van der Waals surface area contributed by atoms with E-state index in [4.69, 9.17) is 9.73 Å². The summed E-state index contributed by atoms with van der Waals surface area (Å²) in [6.45, 7) is 2.68. The summed E-state index contributed by atoms with van der Waals surface area (Å²) in [7, 11) is 0. The van der Waals surface area contributed by atoms with E-state index in [1.807, 2.05) is 31.4 Å². The number of ketones is 1. The minimum atomic E-state index is -0.378. The Labute approximate surface area is 232 Å². The Hall–Kier alpha value is -4.51. The highest BCUT2D eigenvalue weighted by Crippen LogP contribution is 2.36. The van der Waals surface area contributed by atoms with Crippen LogP contribution in [0.4, 0.5) is 4.39 Å². The molecule has 0 spiro atoms. The van der Waals surface area contributed by atoms with Crippen molar-refractivity contribution in [3.63, 3.8) is 0 Å². The van der Waals surface area contributed by atoms with E-state index in [0.717, 1.165) is 27.3 Å². The van der Waals surface area contributed by atoms with Crippen LogP contribution in [0.1, 0.15) is 40.7 Å². The third-order valence-corrected chi connectivity index (χ3v) is 8.24. The van der Waals surface area contributed by atoms with Crippen molar-refractivity contribution in [2.24, 2.45) is 10.9 Å². The highest BCUT2D eigenvalue weighted by atomic mass is 19.1. The van der Waals surface area contributed by atoms with E-state index in [1.165, 1.54) is 28.8 Å². The highest BCUT2D eigenvalue weighted by Gasteiger charge is 2.33. The fourth-order valence-electron chi connectivity index (χ4n) is 6.35. The molecule has 5 heteroatoms. The summed E-state index contributed by atoms with van der Waals surface area (Å²) in [6, 6.07) is 18.8. The molecule has 4 aliphatic rings. The lowest BCUT2D eigenvalue weighted by atomic mass is 9.74. The van der Waals surface area contributed by atoms with Gasteiger partial charge in [0.25, 0.3) is 0 Å². The lowest BCUT2D eigenvalue weighted by Gasteiger charge is -2.30. The molecule has 0 saturated heterocycles. The molecule has 3 unspecified atom stereocenters. The van der Waals surface area contributed by atoms with Crippen molar-refractivity contribution in [2.45, 2.75) is 31.8 Å². The Morgan fingerprint density at radius 1 is 1.00 bits per heavy atom. The van der Waals surface area contributed by atoms with E-state index in [1.54, 1.807) is 12.1 Å². The van der Waals surface area contributed by atoms with Gasteiger partial charge in [-0.05, 0) is 82.5 Å². The third-order valence-electron chi connectivity index (χ3n) is 8.24. The fraction of sp³-hybridized carbons (Fsp3) is 0.200. The second-order valence-corrected chi connectivity index (χ2v) is 10.8. The summed E-state index contributed by atoms with van der Waals surface area (Å²) in [4.78, 5) is 18.7. The first-order chi connectivity index (χ1) is 19.6. The maximum Gasteiger partial charge on any atom is 0.213 e. The molecule has 0 bridgehead atoms. The van der Waals surface area contributed by atoms with Crippen LogP contribution >= 0.6 is 0 Å². The number of nitrogens with one attached hydrogen (secondary N) is 1. The van der Waals surface area contributed by atoms with Gasteiger partial charge in [-0.2, -0.15) is 0 Å². The van der Waals surface area contributed by atoms with Crippen molar-refractivity contribution in [1.29, 1.82) is 0 Å². The van der Waals surface area contributed by atoms with Crippen LogP contribution in [-0.4, -0.2) is 24.3 Å². The van der Waals surface area contributed by atoms with Gasteiger partial charge in [-0.15, -0.1) is 0 Å². The van der Waals surface area contributed by atoms with E-state index in [2.05, 4.69) is 53.9 Å². The molecule has 2 aliphatic heterocycles. The zero-order chi connectivity index (χ0) is 27.2. The van der Waals surface area contributed by atoms with E-state index in [9.17, 15) is 9.18 Å². The first kappa shape index (κ1) is 24.5. The summed E-state index contributed by atoms with van der Waals surface area (Å²) in [6.07, 6.45) is 13.5. The minimum absolute atomic E-state index is 0.00519. The number of ether oxygens (including phenoxy) is 1. The van der Waals surface area contributed by atoms with Gasteiger partial charge < -0.3 is 10.1 Å². The molecule has 3 aromatic carbocycles. The van der Waals surface area contributed by atoms with Crippen molar-refractivity contribution in [3.05, 3.63) is 130 Å². The maximum absolute atomic E-state index is 13.9. The Morgan fingerprint density at radius 3 is 2.67 bits per heavy atom. The van der Waals surface area contributed by atoms with Gasteiger partial charge >= 0.3 is 0 Å². The molecule has 0 saturated carbocycles. The number of halogens is 1. The van der Waals surface area contributed by atoms with Gasteiger partial charge in [0.2, 0.25) is 5.90 Å². The van der Waals surface area contributed by atoms with Crippen LogP contribution < -0.4 is 15.8 Å². The molecular weight excluding hydrogens is 499 g/mol. The summed E-state index contributed by atoms with van der Waals surface area (Å²) in [5, 5.41) is 5.62. The SMILES string of the molecule is CC1CN=C(C2=c3c(ccc4c3=CC(C(=O)c3ccc(F)cc3)CC4C3=CC=CC=CN3)-c3ccccc3C2)O1. The van der Waals surface area contributed by atoms with Crippen LogP contribution in [-0.2, 0) is 11.2 Å². The summed E-state index contributed by atoms with van der Waals surface area (Å²) >= 11 is 0. The molecule has 0 amide bonds. The molecule has 0 fully saturated rings. The van der Waals surface area contributed by atoms with Gasteiger partial charge in [0.05, 0.1) is 6.54 Å². The smallest absolute Gasteiger partial charge is 0.213 e. The lowest BCUT2D eigenvalue weighted by molar-refractivity contribution is 0.0943. The molecule has 2 heterocycles. The second kappa shape index (κ2) is 9.91. The molecule has 40 heavy (non-hydrogen) atoms. The predicted molar refractivity (Wildman–Crippen MR) is 157 cm³/mol. The molecule has 0 aromatic heterocycles. The number of benzene rings is 3. The number of Topliss-reactive ketones (excluding diaryl/α,β-unsaturated/α-hetero) is 1. The number of hydrogen-bond donors (Lipinski definition) is 1. The molecular formula is C35H29FN2O2. The lowest BCUT2D eigenvalue weighted by Crippen LogP contribution is -2.42. The summed E-state index contributed by atoms with van der Waals surface area (Å²) in [5.74, 6) is -0.0639. The van der Waals surface area contributed by atoms with Crippen molar-refractivity contribution < 1.29 is 13.9 Å². The van der Waals surface area contributed by atoms with Crippen LogP contribution in [0, 0.1) is 11.7 Å². The number of aliphatic imine (C=N–C) groups is 1. The van der Waals surface area contributed by atoms with Gasteiger partial charge in [0, 0.05) is 41.3 Å². The number of carbonyl (C=O) groups excluding carboxylic acids is 1. The largest absolute Gasteiger partial charge is 0.473 e. The minimum Gasteiger partial charge on any atom is -0.473 e. The number of nitrogens with zero attached hydrogens (tertiary/aromatic N) is 1. The summed E-state index contributed by atoms with van der Waals surface area (Å²) < 4.78 is 19.9. The van der Waals surface area contributed by atoms with Crippen LogP contribution in [0.3, 0.4) is 0 Å². The Balaban J connectivity index is 1.50. The number of carbonyl (C=O) groups is 1. The zero-order valence-electron chi connectivity index (χ0n) is 22.2. The van der Waals surface area contributed by atoms with Crippen LogP contribution in [0.5, 0.6) is 0 Å². The van der Waals surface area contributed by atoms with Crippen LogP contribution in [0.2, 0.25) is 0 Å². The molecule has 3 atom stereocenters. The van der Waals surface area contributed by atoms with Gasteiger partial charge in [0.15, 0.2) is 5.78 Å².